The summed E-state index contributed by atoms with van der Waals surface area (Å²) in [6.45, 7) is -0.961. The van der Waals surface area contributed by atoms with Gasteiger partial charge in [0.1, 0.15) is 9.79 Å². The monoisotopic (exact) mass is 467 g/mol. The minimum atomic E-state index is -4.22. The molecule has 0 aliphatic carbocycles. The molecule has 30 heavy (non-hydrogen) atoms. The van der Waals surface area contributed by atoms with Gasteiger partial charge >= 0.3 is 0 Å². The van der Waals surface area contributed by atoms with E-state index in [1.165, 1.54) is 12.1 Å². The molecule has 0 saturated carbocycles. The van der Waals surface area contributed by atoms with Gasteiger partial charge in [-0.25, -0.2) is 8.37 Å². The summed E-state index contributed by atoms with van der Waals surface area (Å²) in [7, 11) is -8.45. The molecule has 0 aromatic heterocycles. The van der Waals surface area contributed by atoms with E-state index in [-0.39, 0.29) is 61.2 Å². The van der Waals surface area contributed by atoms with Gasteiger partial charge in [-0.2, -0.15) is 16.8 Å². The Bertz CT molecular complexity index is 1300. The van der Waals surface area contributed by atoms with Crippen molar-refractivity contribution in [2.24, 2.45) is 0 Å². The third kappa shape index (κ3) is 4.85. The summed E-state index contributed by atoms with van der Waals surface area (Å²) in [5.74, 6) is 0. The van der Waals surface area contributed by atoms with E-state index in [4.69, 9.17) is 8.37 Å². The maximum atomic E-state index is 12.6. The van der Waals surface area contributed by atoms with E-state index in [0.717, 1.165) is 10.8 Å². The third-order valence-corrected chi connectivity index (χ3v) is 7.05. The minimum absolute atomic E-state index is 0. The van der Waals surface area contributed by atoms with Crippen LogP contribution < -0.4 is 0 Å². The predicted octanol–water partition coefficient (Wildman–Crippen LogP) is 3.68. The topological polar surface area (TPSA) is 86.7 Å². The largest absolute Gasteiger partial charge is 0.299 e. The van der Waals surface area contributed by atoms with E-state index in [1.54, 1.807) is 72.8 Å². The van der Waals surface area contributed by atoms with E-state index in [0.29, 0.717) is 10.8 Å². The van der Waals surface area contributed by atoms with Crippen molar-refractivity contribution in [3.63, 3.8) is 0 Å². The van der Waals surface area contributed by atoms with Gasteiger partial charge in [-0.3, -0.25) is 0 Å². The first-order chi connectivity index (χ1) is 13.9. The van der Waals surface area contributed by atoms with Gasteiger partial charge in [0.15, 0.2) is 6.79 Å². The van der Waals surface area contributed by atoms with Crippen LogP contribution in [0.2, 0.25) is 0 Å². The van der Waals surface area contributed by atoms with Crippen molar-refractivity contribution in [2.45, 2.75) is 9.79 Å². The number of hydrogen-bond donors (Lipinski definition) is 0. The van der Waals surface area contributed by atoms with Crippen LogP contribution >= 0.6 is 0 Å². The zero-order valence-electron chi connectivity index (χ0n) is 16.1. The van der Waals surface area contributed by atoms with Gasteiger partial charge in [-0.15, -0.1) is 0 Å². The molecular formula is C21H16KO6S2. The molecule has 0 fully saturated rings. The van der Waals surface area contributed by atoms with Gasteiger partial charge < -0.3 is 0 Å². The van der Waals surface area contributed by atoms with Crippen LogP contribution in [0.25, 0.3) is 21.5 Å². The fraction of sp³-hybridized carbons (Fsp3) is 0.0476. The number of hydrogen-bond acceptors (Lipinski definition) is 6. The number of benzene rings is 4. The molecule has 4 aromatic carbocycles. The van der Waals surface area contributed by atoms with Crippen LogP contribution in [0, 0.1) is 0 Å². The minimum Gasteiger partial charge on any atom is -0.236 e. The van der Waals surface area contributed by atoms with Crippen molar-refractivity contribution in [2.75, 3.05) is 6.79 Å². The molecule has 0 N–H and O–H groups in total. The normalized spacial score (nSPS) is 12.0. The molecule has 4 aromatic rings. The molecule has 9 heteroatoms. The van der Waals surface area contributed by atoms with Crippen molar-refractivity contribution in [1.29, 1.82) is 0 Å². The molecule has 0 aliphatic rings. The Morgan fingerprint density at radius 2 is 0.900 bits per heavy atom. The molecule has 0 spiro atoms. The Hall–Kier alpha value is -1.14. The van der Waals surface area contributed by atoms with Crippen LogP contribution in [-0.2, 0) is 28.6 Å². The van der Waals surface area contributed by atoms with E-state index >= 15 is 0 Å². The smallest absolute Gasteiger partial charge is 0.236 e. The van der Waals surface area contributed by atoms with Gasteiger partial charge in [0, 0.05) is 62.2 Å². The summed E-state index contributed by atoms with van der Waals surface area (Å²) in [5, 5.41) is 2.40. The first-order valence-corrected chi connectivity index (χ1v) is 11.4. The Kier molecular flexibility index (Phi) is 7.49. The Balaban J connectivity index is 0.00000256. The second-order valence-electron chi connectivity index (χ2n) is 6.22. The van der Waals surface area contributed by atoms with Crippen LogP contribution in [0.4, 0.5) is 0 Å². The van der Waals surface area contributed by atoms with Crippen molar-refractivity contribution < 1.29 is 25.2 Å². The molecule has 149 valence electrons. The molecule has 0 unspecified atom stereocenters. The summed E-state index contributed by atoms with van der Waals surface area (Å²) in [6, 6.07) is 23.4. The van der Waals surface area contributed by atoms with Crippen molar-refractivity contribution in [3.8, 4) is 0 Å². The average Bonchev–Trinajstić information content (AvgIpc) is 2.72. The van der Waals surface area contributed by atoms with Crippen LogP contribution in [0.1, 0.15) is 0 Å². The zero-order valence-corrected chi connectivity index (χ0v) is 20.8. The second kappa shape index (κ2) is 9.55. The first-order valence-electron chi connectivity index (χ1n) is 8.63. The maximum Gasteiger partial charge on any atom is 0.299 e. The summed E-state index contributed by atoms with van der Waals surface area (Å²) < 4.78 is 60.1. The first kappa shape index (κ1) is 23.5. The molecular weight excluding hydrogens is 451 g/mol. The summed E-state index contributed by atoms with van der Waals surface area (Å²) in [6.07, 6.45) is 0. The molecule has 0 heterocycles. The molecule has 0 atom stereocenters. The fourth-order valence-corrected chi connectivity index (χ4v) is 5.17. The van der Waals surface area contributed by atoms with E-state index < -0.39 is 27.0 Å². The predicted molar refractivity (Wildman–Crippen MR) is 115 cm³/mol. The molecule has 0 amide bonds. The SMILES string of the molecule is O=S(=O)(OCOS(=O)(=O)c1cccc2ccccc12)c1cccc2ccccc12.[K]. The van der Waals surface area contributed by atoms with E-state index in [9.17, 15) is 16.8 Å². The molecule has 0 saturated heterocycles. The van der Waals surface area contributed by atoms with E-state index in [1.807, 2.05) is 0 Å². The number of fused-ring (bicyclic) bond motifs is 2. The van der Waals surface area contributed by atoms with Crippen LogP contribution in [0.15, 0.2) is 94.7 Å². The van der Waals surface area contributed by atoms with Gasteiger partial charge in [0.2, 0.25) is 0 Å². The molecule has 1 radical (unpaired) electrons. The summed E-state index contributed by atoms with van der Waals surface area (Å²) >= 11 is 0. The third-order valence-electron chi connectivity index (χ3n) is 4.44. The molecule has 6 nitrogen and oxygen atoms in total. The van der Waals surface area contributed by atoms with Gasteiger partial charge in [0.05, 0.1) is 0 Å². The maximum absolute atomic E-state index is 12.6. The summed E-state index contributed by atoms with van der Waals surface area (Å²) in [4.78, 5) is -0.108. The molecule has 4 rings (SSSR count). The van der Waals surface area contributed by atoms with Gasteiger partial charge in [-0.1, -0.05) is 72.8 Å². The Labute approximate surface area is 217 Å². The van der Waals surface area contributed by atoms with Crippen molar-refractivity contribution in [1.82, 2.24) is 0 Å². The molecule has 0 aliphatic heterocycles. The average molecular weight is 468 g/mol. The van der Waals surface area contributed by atoms with Crippen molar-refractivity contribution in [3.05, 3.63) is 84.9 Å². The van der Waals surface area contributed by atoms with Gasteiger partial charge in [0.25, 0.3) is 20.2 Å². The van der Waals surface area contributed by atoms with Crippen LogP contribution in [-0.4, -0.2) is 75.0 Å². The van der Waals surface area contributed by atoms with E-state index in [2.05, 4.69) is 0 Å². The van der Waals surface area contributed by atoms with Gasteiger partial charge in [-0.05, 0) is 22.9 Å². The van der Waals surface area contributed by atoms with Crippen LogP contribution in [0.5, 0.6) is 0 Å². The zero-order chi connectivity index (χ0) is 20.5. The Morgan fingerprint density at radius 3 is 1.33 bits per heavy atom. The fourth-order valence-electron chi connectivity index (χ4n) is 3.10. The van der Waals surface area contributed by atoms with Crippen LogP contribution in [0.3, 0.4) is 0 Å². The quantitative estimate of drug-likeness (QED) is 0.244. The Morgan fingerprint density at radius 1 is 0.533 bits per heavy atom. The summed E-state index contributed by atoms with van der Waals surface area (Å²) in [5.41, 5.74) is 0. The van der Waals surface area contributed by atoms with Crippen molar-refractivity contribution >= 4 is 93.2 Å². The second-order valence-corrected chi connectivity index (χ2v) is 9.38. The standard InChI is InChI=1S/C21H16O6S2.K/c22-28(23,20-13-5-9-16-7-1-3-11-18(16)20)26-15-27-29(24,25)21-14-6-10-17-8-2-4-12-19(17)21;/h1-14H,15H2;. The number of rotatable bonds is 6. The molecule has 0 bridgehead atoms.